The average molecular weight is 353 g/mol. The van der Waals surface area contributed by atoms with Crippen LogP contribution in [0.2, 0.25) is 0 Å². The maximum atomic E-state index is 13.9. The van der Waals surface area contributed by atoms with Gasteiger partial charge in [-0.25, -0.2) is 4.39 Å². The Morgan fingerprint density at radius 2 is 2.04 bits per heavy atom. The molecule has 128 valence electrons. The van der Waals surface area contributed by atoms with Crippen molar-refractivity contribution in [2.45, 2.75) is 13.0 Å². The summed E-state index contributed by atoms with van der Waals surface area (Å²) in [5.41, 5.74) is -0.330. The highest BCUT2D eigenvalue weighted by molar-refractivity contribution is 5.92. The second-order valence-electron chi connectivity index (χ2n) is 5.53. The quantitative estimate of drug-likeness (QED) is 0.882. The number of benzene rings is 1. The minimum Gasteiger partial charge on any atom is -0.334 e. The Hall–Kier alpha value is -2.25. The largest absolute Gasteiger partial charge is 0.334 e. The molecule has 2 aromatic rings. The molecular weight excluding hydrogens is 335 g/mol. The molecule has 1 saturated heterocycles. The lowest BCUT2D eigenvalue weighted by Crippen LogP contribution is -2.51. The predicted octanol–water partition coefficient (Wildman–Crippen LogP) is 1.23. The molecule has 8 heteroatoms. The van der Waals surface area contributed by atoms with Crippen LogP contribution in [0.15, 0.2) is 41.2 Å². The summed E-state index contributed by atoms with van der Waals surface area (Å²) in [6.45, 7) is 3.84. The van der Waals surface area contributed by atoms with E-state index < -0.39 is 11.4 Å². The number of amides is 1. The molecule has 1 fully saturated rings. The molecule has 0 aliphatic carbocycles. The lowest BCUT2D eigenvalue weighted by molar-refractivity contribution is 0.0701. The number of carbonyl (C=O) groups excluding carboxylic acids is 1. The minimum absolute atomic E-state index is 0. The molecule has 1 amide bonds. The maximum absolute atomic E-state index is 13.9. The number of nitrogens with zero attached hydrogens (tertiary/aromatic N) is 3. The summed E-state index contributed by atoms with van der Waals surface area (Å²) in [4.78, 5) is 26.2. The number of hydrogen-bond donors (Lipinski definition) is 1. The van der Waals surface area contributed by atoms with Gasteiger partial charge in [-0.15, -0.1) is 12.4 Å². The summed E-state index contributed by atoms with van der Waals surface area (Å²) >= 11 is 0. The van der Waals surface area contributed by atoms with Gasteiger partial charge in [0, 0.05) is 31.7 Å². The van der Waals surface area contributed by atoms with Gasteiger partial charge in [-0.3, -0.25) is 9.59 Å². The Labute approximate surface area is 144 Å². The number of hydrogen-bond acceptors (Lipinski definition) is 4. The molecule has 6 nitrogen and oxygen atoms in total. The first kappa shape index (κ1) is 18.1. The highest BCUT2D eigenvalue weighted by atomic mass is 35.5. The maximum Gasteiger partial charge on any atom is 0.274 e. The first-order chi connectivity index (χ1) is 11.1. The highest BCUT2D eigenvalue weighted by Gasteiger charge is 2.23. The summed E-state index contributed by atoms with van der Waals surface area (Å²) in [6.07, 6.45) is 0. The molecule has 0 unspecified atom stereocenters. The van der Waals surface area contributed by atoms with Crippen LogP contribution in [0.5, 0.6) is 0 Å². The van der Waals surface area contributed by atoms with Crippen molar-refractivity contribution in [3.8, 4) is 5.69 Å². The number of piperazine rings is 1. The van der Waals surface area contributed by atoms with Crippen molar-refractivity contribution in [2.75, 3.05) is 19.6 Å². The zero-order valence-corrected chi connectivity index (χ0v) is 13.9. The molecule has 0 bridgehead atoms. The lowest BCUT2D eigenvalue weighted by Gasteiger charge is -2.31. The summed E-state index contributed by atoms with van der Waals surface area (Å²) in [7, 11) is 0. The molecule has 1 aromatic heterocycles. The van der Waals surface area contributed by atoms with Gasteiger partial charge in [0.15, 0.2) is 0 Å². The van der Waals surface area contributed by atoms with E-state index in [2.05, 4.69) is 10.4 Å². The summed E-state index contributed by atoms with van der Waals surface area (Å²) in [5.74, 6) is -0.828. The van der Waals surface area contributed by atoms with Gasteiger partial charge in [0.05, 0.1) is 0 Å². The highest BCUT2D eigenvalue weighted by Crippen LogP contribution is 2.10. The minimum atomic E-state index is -0.567. The molecule has 0 saturated carbocycles. The first-order valence-corrected chi connectivity index (χ1v) is 7.44. The lowest BCUT2D eigenvalue weighted by atomic mass is 10.2. The van der Waals surface area contributed by atoms with Crippen LogP contribution in [0.25, 0.3) is 5.69 Å². The standard InChI is InChI=1S/C16H17FN4O2.ClH/c1-11-10-20(9-8-18-11)16(23)13-6-7-15(22)21(19-13)14-5-3-2-4-12(14)17;/h2-7,11,18H,8-10H2,1H3;1H/t11-;/m1./s1. The molecular formula is C16H18ClFN4O2. The third kappa shape index (κ3) is 3.63. The molecule has 1 aromatic carbocycles. The van der Waals surface area contributed by atoms with Crippen LogP contribution < -0.4 is 10.9 Å². The normalized spacial score (nSPS) is 17.2. The van der Waals surface area contributed by atoms with Crippen LogP contribution in [-0.2, 0) is 0 Å². The molecule has 0 spiro atoms. The first-order valence-electron chi connectivity index (χ1n) is 7.44. The number of carbonyl (C=O) groups is 1. The average Bonchev–Trinajstić information content (AvgIpc) is 2.55. The third-order valence-electron chi connectivity index (χ3n) is 3.76. The van der Waals surface area contributed by atoms with Crippen LogP contribution in [0.1, 0.15) is 17.4 Å². The van der Waals surface area contributed by atoms with E-state index in [1.807, 2.05) is 6.92 Å². The van der Waals surface area contributed by atoms with Crippen molar-refractivity contribution in [2.24, 2.45) is 0 Å². The topological polar surface area (TPSA) is 67.2 Å². The Balaban J connectivity index is 0.00000208. The Morgan fingerprint density at radius 1 is 1.29 bits per heavy atom. The third-order valence-corrected chi connectivity index (χ3v) is 3.76. The van der Waals surface area contributed by atoms with Crippen molar-refractivity contribution in [3.05, 3.63) is 58.3 Å². The van der Waals surface area contributed by atoms with Crippen LogP contribution in [-0.4, -0.2) is 46.3 Å². The number of para-hydroxylation sites is 1. The van der Waals surface area contributed by atoms with E-state index in [0.29, 0.717) is 19.6 Å². The zero-order valence-electron chi connectivity index (χ0n) is 13.1. The fraction of sp³-hybridized carbons (Fsp3) is 0.312. The van der Waals surface area contributed by atoms with E-state index in [1.165, 1.54) is 30.3 Å². The number of rotatable bonds is 2. The molecule has 1 aliphatic heterocycles. The molecule has 1 atom stereocenters. The number of halogens is 2. The molecule has 3 rings (SSSR count). The molecule has 1 N–H and O–H groups in total. The second kappa shape index (κ2) is 7.55. The molecule has 24 heavy (non-hydrogen) atoms. The van der Waals surface area contributed by atoms with Gasteiger partial charge in [0.2, 0.25) is 0 Å². The summed E-state index contributed by atoms with van der Waals surface area (Å²) in [6, 6.07) is 8.65. The van der Waals surface area contributed by atoms with Gasteiger partial charge in [0.25, 0.3) is 11.5 Å². The fourth-order valence-electron chi connectivity index (χ4n) is 2.60. The fourth-order valence-corrected chi connectivity index (χ4v) is 2.60. The monoisotopic (exact) mass is 352 g/mol. The van der Waals surface area contributed by atoms with Gasteiger partial charge in [-0.2, -0.15) is 9.78 Å². The van der Waals surface area contributed by atoms with E-state index in [4.69, 9.17) is 0 Å². The smallest absolute Gasteiger partial charge is 0.274 e. The molecule has 2 heterocycles. The van der Waals surface area contributed by atoms with Gasteiger partial charge >= 0.3 is 0 Å². The number of aromatic nitrogens is 2. The summed E-state index contributed by atoms with van der Waals surface area (Å²) < 4.78 is 14.8. The van der Waals surface area contributed by atoms with E-state index in [9.17, 15) is 14.0 Å². The van der Waals surface area contributed by atoms with Gasteiger partial charge in [0.1, 0.15) is 17.2 Å². The van der Waals surface area contributed by atoms with Crippen LogP contribution >= 0.6 is 12.4 Å². The zero-order chi connectivity index (χ0) is 16.4. The molecule has 0 radical (unpaired) electrons. The van der Waals surface area contributed by atoms with Crippen LogP contribution in [0.4, 0.5) is 4.39 Å². The van der Waals surface area contributed by atoms with Gasteiger partial charge in [-0.05, 0) is 25.1 Å². The number of nitrogens with one attached hydrogen (secondary N) is 1. The Bertz CT molecular complexity index is 796. The van der Waals surface area contributed by atoms with E-state index in [-0.39, 0.29) is 35.7 Å². The van der Waals surface area contributed by atoms with Crippen molar-refractivity contribution in [3.63, 3.8) is 0 Å². The summed E-state index contributed by atoms with van der Waals surface area (Å²) in [5, 5.41) is 7.31. The van der Waals surface area contributed by atoms with Crippen molar-refractivity contribution < 1.29 is 9.18 Å². The van der Waals surface area contributed by atoms with Gasteiger partial charge < -0.3 is 10.2 Å². The molecule has 1 aliphatic rings. The van der Waals surface area contributed by atoms with E-state index >= 15 is 0 Å². The Morgan fingerprint density at radius 3 is 2.75 bits per heavy atom. The van der Waals surface area contributed by atoms with Crippen LogP contribution in [0, 0.1) is 5.82 Å². The van der Waals surface area contributed by atoms with Gasteiger partial charge in [-0.1, -0.05) is 12.1 Å². The predicted molar refractivity (Wildman–Crippen MR) is 90.4 cm³/mol. The van der Waals surface area contributed by atoms with E-state index in [1.54, 1.807) is 11.0 Å². The van der Waals surface area contributed by atoms with Crippen molar-refractivity contribution in [1.29, 1.82) is 0 Å². The van der Waals surface area contributed by atoms with E-state index in [0.717, 1.165) is 4.68 Å². The second-order valence-corrected chi connectivity index (χ2v) is 5.53. The SMILES string of the molecule is C[C@@H]1CN(C(=O)c2ccc(=O)n(-c3ccccc3F)n2)CCN1.Cl. The van der Waals surface area contributed by atoms with Crippen LogP contribution in [0.3, 0.4) is 0 Å². The Kier molecular flexibility index (Phi) is 5.69. The van der Waals surface area contributed by atoms with Crippen molar-refractivity contribution >= 4 is 18.3 Å². The van der Waals surface area contributed by atoms with Crippen molar-refractivity contribution in [1.82, 2.24) is 20.0 Å².